The van der Waals surface area contributed by atoms with E-state index in [9.17, 15) is 0 Å². The maximum atomic E-state index is 5.41. The Bertz CT molecular complexity index is 58.8. The molecule has 0 radical (unpaired) electrons. The Labute approximate surface area is 69.9 Å². The summed E-state index contributed by atoms with van der Waals surface area (Å²) in [5.74, 6) is 0.772. The zero-order valence-corrected chi connectivity index (χ0v) is 7.36. The summed E-state index contributed by atoms with van der Waals surface area (Å²) in [4.78, 5) is 0. The Hall–Kier alpha value is 1.22. The van der Waals surface area contributed by atoms with Crippen LogP contribution < -0.4 is 0 Å². The van der Waals surface area contributed by atoms with Crippen molar-refractivity contribution in [2.75, 3.05) is 5.75 Å². The van der Waals surface area contributed by atoms with Crippen LogP contribution in [-0.4, -0.2) is 9.55 Å². The predicted octanol–water partition coefficient (Wildman–Crippen LogP) is 3.07. The van der Waals surface area contributed by atoms with E-state index in [-0.39, 0.29) is 0 Å². The van der Waals surface area contributed by atoms with Crippen LogP contribution in [0, 0.1) is 0 Å². The highest BCUT2D eigenvalue weighted by Gasteiger charge is 2.17. The third-order valence-corrected chi connectivity index (χ3v) is 1.50. The number of halogens is 3. The fraction of sp³-hybridized carbons (Fsp3) is 1.00. The minimum Gasteiger partial charge on any atom is -0.179 e. The number of hydrogen-bond donors (Lipinski definition) is 1. The van der Waals surface area contributed by atoms with Gasteiger partial charge in [0.05, 0.1) is 0 Å². The van der Waals surface area contributed by atoms with Crippen LogP contribution in [0.4, 0.5) is 0 Å². The van der Waals surface area contributed by atoms with Gasteiger partial charge in [0, 0.05) is 0 Å². The topological polar surface area (TPSA) is 0 Å². The maximum absolute atomic E-state index is 5.41. The molecule has 0 N–H and O–H groups in total. The lowest BCUT2D eigenvalue weighted by atomic mass is 10.4. The van der Waals surface area contributed by atoms with E-state index in [1.54, 1.807) is 0 Å². The van der Waals surface area contributed by atoms with Crippen molar-refractivity contribution in [3.05, 3.63) is 0 Å². The molecular formula is C4H7Cl3S. The summed E-state index contributed by atoms with van der Waals surface area (Å²) in [5.41, 5.74) is 0. The van der Waals surface area contributed by atoms with Gasteiger partial charge in [0.1, 0.15) is 0 Å². The zero-order valence-electron chi connectivity index (χ0n) is 4.20. The van der Waals surface area contributed by atoms with Gasteiger partial charge in [0.25, 0.3) is 0 Å². The monoisotopic (exact) mass is 192 g/mol. The second-order valence-corrected chi connectivity index (χ2v) is 4.41. The molecule has 0 aliphatic rings. The minimum absolute atomic E-state index is 0.584. The maximum Gasteiger partial charge on any atom is 0.190 e. The van der Waals surface area contributed by atoms with Crippen LogP contribution in [0.1, 0.15) is 12.8 Å². The Kier molecular flexibility index (Phi) is 4.73. The van der Waals surface area contributed by atoms with Crippen molar-refractivity contribution < 1.29 is 0 Å². The van der Waals surface area contributed by atoms with E-state index in [0.29, 0.717) is 6.42 Å². The lowest BCUT2D eigenvalue weighted by molar-refractivity contribution is 0.833. The van der Waals surface area contributed by atoms with E-state index in [0.717, 1.165) is 12.2 Å². The standard InChI is InChI=1S/C4H7Cl3S/c5-4(6,7)2-1-3-8/h8H,1-3H2. The average Bonchev–Trinajstić information content (AvgIpc) is 1.59. The number of thiol groups is 1. The lowest BCUT2D eigenvalue weighted by Gasteiger charge is -2.07. The molecule has 8 heavy (non-hydrogen) atoms. The van der Waals surface area contributed by atoms with Crippen molar-refractivity contribution in [2.24, 2.45) is 0 Å². The molecule has 0 amide bonds. The number of hydrogen-bond acceptors (Lipinski definition) is 1. The second-order valence-electron chi connectivity index (χ2n) is 1.44. The Morgan fingerprint density at radius 3 is 1.88 bits per heavy atom. The smallest absolute Gasteiger partial charge is 0.179 e. The summed E-state index contributed by atoms with van der Waals surface area (Å²) < 4.78 is -1.08. The van der Waals surface area contributed by atoms with Crippen LogP contribution in [0.3, 0.4) is 0 Å². The molecular weight excluding hydrogens is 186 g/mol. The molecule has 0 saturated carbocycles. The minimum atomic E-state index is -1.08. The molecule has 0 spiro atoms. The highest BCUT2D eigenvalue weighted by Crippen LogP contribution is 2.31. The summed E-state index contributed by atoms with van der Waals surface area (Å²) in [6.07, 6.45) is 1.43. The van der Waals surface area contributed by atoms with Gasteiger partial charge in [-0.25, -0.2) is 0 Å². The summed E-state index contributed by atoms with van der Waals surface area (Å²) >= 11 is 20.2. The van der Waals surface area contributed by atoms with E-state index in [4.69, 9.17) is 34.8 Å². The zero-order chi connectivity index (χ0) is 6.62. The fourth-order valence-electron chi connectivity index (χ4n) is 0.280. The SMILES string of the molecule is SCCCC(Cl)(Cl)Cl. The van der Waals surface area contributed by atoms with Gasteiger partial charge in [0.15, 0.2) is 3.79 Å². The first-order chi connectivity index (χ1) is 3.56. The molecule has 4 heteroatoms. The number of rotatable bonds is 2. The van der Waals surface area contributed by atoms with Crippen LogP contribution in [-0.2, 0) is 0 Å². The van der Waals surface area contributed by atoms with E-state index < -0.39 is 3.79 Å². The molecule has 50 valence electrons. The third kappa shape index (κ3) is 7.22. The van der Waals surface area contributed by atoms with Crippen molar-refractivity contribution in [1.29, 1.82) is 0 Å². The summed E-state index contributed by atoms with van der Waals surface area (Å²) in [7, 11) is 0. The average molecular weight is 194 g/mol. The van der Waals surface area contributed by atoms with Crippen LogP contribution in [0.2, 0.25) is 0 Å². The Morgan fingerprint density at radius 2 is 1.75 bits per heavy atom. The molecule has 0 aliphatic heterocycles. The molecule has 0 heterocycles. The van der Waals surface area contributed by atoms with Crippen LogP contribution in [0.15, 0.2) is 0 Å². The van der Waals surface area contributed by atoms with Gasteiger partial charge in [-0.2, -0.15) is 12.6 Å². The molecule has 0 saturated heterocycles. The summed E-state index contributed by atoms with van der Waals surface area (Å²) in [6, 6.07) is 0. The van der Waals surface area contributed by atoms with Gasteiger partial charge in [-0.15, -0.1) is 0 Å². The van der Waals surface area contributed by atoms with Gasteiger partial charge < -0.3 is 0 Å². The molecule has 0 aromatic heterocycles. The molecule has 0 bridgehead atoms. The molecule has 0 aromatic rings. The molecule has 0 aliphatic carbocycles. The fourth-order valence-corrected chi connectivity index (χ4v) is 0.839. The lowest BCUT2D eigenvalue weighted by Crippen LogP contribution is -2.00. The van der Waals surface area contributed by atoms with Crippen molar-refractivity contribution in [2.45, 2.75) is 16.6 Å². The Morgan fingerprint density at radius 1 is 1.25 bits per heavy atom. The van der Waals surface area contributed by atoms with Crippen LogP contribution in [0.5, 0.6) is 0 Å². The second kappa shape index (κ2) is 4.10. The highest BCUT2D eigenvalue weighted by atomic mass is 35.6. The third-order valence-electron chi connectivity index (χ3n) is 0.618. The Balaban J connectivity index is 3.11. The predicted molar refractivity (Wildman–Crippen MR) is 43.4 cm³/mol. The van der Waals surface area contributed by atoms with Crippen molar-refractivity contribution >= 4 is 47.4 Å². The highest BCUT2D eigenvalue weighted by molar-refractivity contribution is 7.80. The molecule has 0 fully saturated rings. The summed E-state index contributed by atoms with van der Waals surface area (Å²) in [6.45, 7) is 0. The normalized spacial score (nSPS) is 12.0. The summed E-state index contributed by atoms with van der Waals surface area (Å²) in [5, 5.41) is 0. The van der Waals surface area contributed by atoms with Crippen LogP contribution >= 0.6 is 47.4 Å². The molecule has 0 nitrogen and oxygen atoms in total. The largest absolute Gasteiger partial charge is 0.190 e. The van der Waals surface area contributed by atoms with Crippen molar-refractivity contribution in [1.82, 2.24) is 0 Å². The first-order valence-corrected chi connectivity index (χ1v) is 4.00. The van der Waals surface area contributed by atoms with Crippen LogP contribution in [0.25, 0.3) is 0 Å². The molecule has 0 aromatic carbocycles. The van der Waals surface area contributed by atoms with Crippen molar-refractivity contribution in [3.8, 4) is 0 Å². The van der Waals surface area contributed by atoms with E-state index in [2.05, 4.69) is 12.6 Å². The molecule has 0 rings (SSSR count). The van der Waals surface area contributed by atoms with E-state index in [1.807, 2.05) is 0 Å². The molecule has 0 unspecified atom stereocenters. The quantitative estimate of drug-likeness (QED) is 0.506. The van der Waals surface area contributed by atoms with Crippen molar-refractivity contribution in [3.63, 3.8) is 0 Å². The van der Waals surface area contributed by atoms with Gasteiger partial charge in [-0.05, 0) is 18.6 Å². The van der Waals surface area contributed by atoms with E-state index >= 15 is 0 Å². The van der Waals surface area contributed by atoms with Gasteiger partial charge in [-0.3, -0.25) is 0 Å². The van der Waals surface area contributed by atoms with Gasteiger partial charge in [0.2, 0.25) is 0 Å². The van der Waals surface area contributed by atoms with Gasteiger partial charge in [-0.1, -0.05) is 34.8 Å². The first-order valence-electron chi connectivity index (χ1n) is 2.24. The van der Waals surface area contributed by atoms with Gasteiger partial charge >= 0.3 is 0 Å². The first kappa shape index (κ1) is 9.22. The number of alkyl halides is 3. The van der Waals surface area contributed by atoms with E-state index in [1.165, 1.54) is 0 Å². The molecule has 0 atom stereocenters.